The Kier molecular flexibility index (Phi) is 5.62. The second-order valence-corrected chi connectivity index (χ2v) is 12.0. The topological polar surface area (TPSA) is 63.6 Å². The fourth-order valence-electron chi connectivity index (χ4n) is 8.23. The Labute approximate surface area is 213 Å². The number of allylic oxidation sites excluding steroid dienone is 2. The fourth-order valence-corrected chi connectivity index (χ4v) is 8.23. The molecule has 0 radical (unpaired) electrons. The number of aliphatic imine (C=N–C) groups is 1. The van der Waals surface area contributed by atoms with Crippen molar-refractivity contribution < 1.29 is 14.4 Å². The molecule has 2 aromatic carbocycles. The van der Waals surface area contributed by atoms with Crippen molar-refractivity contribution in [3.05, 3.63) is 58.7 Å². The van der Waals surface area contributed by atoms with Crippen molar-refractivity contribution in [2.75, 3.05) is 0 Å². The molecular weight excluding hydrogens is 446 g/mol. The van der Waals surface area contributed by atoms with Crippen LogP contribution in [0.5, 0.6) is 0 Å². The van der Waals surface area contributed by atoms with Crippen molar-refractivity contribution in [2.24, 2.45) is 27.7 Å². The molecule has 0 N–H and O–H groups in total. The molecule has 7 rings (SSSR count). The normalized spacial score (nSPS) is 32.9. The van der Waals surface area contributed by atoms with Crippen molar-refractivity contribution in [2.45, 2.75) is 78.1 Å². The van der Waals surface area contributed by atoms with Gasteiger partial charge in [-0.2, -0.15) is 0 Å². The molecule has 1 heterocycles. The molecule has 0 aromatic heterocycles. The van der Waals surface area contributed by atoms with Crippen LogP contribution in [-0.4, -0.2) is 23.7 Å². The van der Waals surface area contributed by atoms with Gasteiger partial charge >= 0.3 is 5.91 Å². The Morgan fingerprint density at radius 2 is 1.69 bits per heavy atom. The first-order valence-electron chi connectivity index (χ1n) is 13.7. The van der Waals surface area contributed by atoms with Crippen LogP contribution >= 0.6 is 0 Å². The third kappa shape index (κ3) is 3.48. The quantitative estimate of drug-likeness (QED) is 0.300. The number of carbonyl (C=O) groups is 3. The lowest BCUT2D eigenvalue weighted by Crippen LogP contribution is -2.46. The molecule has 36 heavy (non-hydrogen) atoms. The molecule has 2 saturated carbocycles. The molecule has 4 heteroatoms. The highest BCUT2D eigenvalue weighted by atomic mass is 16.2. The Morgan fingerprint density at radius 3 is 2.56 bits per heavy atom. The largest absolute Gasteiger partial charge is 0.318 e. The lowest BCUT2D eigenvalue weighted by atomic mass is 9.51. The van der Waals surface area contributed by atoms with E-state index in [0.717, 1.165) is 29.5 Å². The molecule has 5 aliphatic rings. The number of hydrogen-bond acceptors (Lipinski definition) is 3. The molecule has 2 fully saturated rings. The van der Waals surface area contributed by atoms with Crippen LogP contribution in [-0.2, 0) is 9.59 Å². The van der Waals surface area contributed by atoms with E-state index in [9.17, 15) is 14.4 Å². The monoisotopic (exact) mass is 481 g/mol. The zero-order valence-electron chi connectivity index (χ0n) is 21.4. The first-order valence-corrected chi connectivity index (χ1v) is 13.7. The predicted molar refractivity (Wildman–Crippen MR) is 142 cm³/mol. The van der Waals surface area contributed by atoms with Crippen LogP contribution in [0.4, 0.5) is 0 Å². The maximum atomic E-state index is 12.7. The summed E-state index contributed by atoms with van der Waals surface area (Å²) >= 11 is 0. The predicted octanol–water partition coefficient (Wildman–Crippen LogP) is 7.03. The van der Waals surface area contributed by atoms with E-state index in [1.54, 1.807) is 11.1 Å². The summed E-state index contributed by atoms with van der Waals surface area (Å²) in [6.07, 6.45) is 14.1. The van der Waals surface area contributed by atoms with E-state index in [1.807, 2.05) is 36.4 Å². The van der Waals surface area contributed by atoms with Crippen LogP contribution in [0.2, 0.25) is 0 Å². The van der Waals surface area contributed by atoms with Crippen LogP contribution in [0.25, 0.3) is 10.8 Å². The SMILES string of the molecule is C[C@]12C(=O)CCCC1CCC1=C2CC[C@]2(C)CCC[C@@H]12.O=C1N=Cc2ccc3ccccc3c2C1=O. The smallest absolute Gasteiger partial charge is 0.299 e. The van der Waals surface area contributed by atoms with Crippen LogP contribution in [0.1, 0.15) is 94.0 Å². The molecule has 186 valence electrons. The number of amides is 1. The van der Waals surface area contributed by atoms with Crippen molar-refractivity contribution in [3.63, 3.8) is 0 Å². The van der Waals surface area contributed by atoms with Crippen LogP contribution in [0.3, 0.4) is 0 Å². The molecule has 4 aliphatic carbocycles. The van der Waals surface area contributed by atoms with E-state index in [0.29, 0.717) is 28.2 Å². The number of carbonyl (C=O) groups excluding carboxylic acids is 3. The van der Waals surface area contributed by atoms with E-state index < -0.39 is 11.7 Å². The Hall–Kier alpha value is -2.88. The van der Waals surface area contributed by atoms with Crippen LogP contribution in [0.15, 0.2) is 52.5 Å². The average molecular weight is 482 g/mol. The van der Waals surface area contributed by atoms with Gasteiger partial charge in [0.1, 0.15) is 5.78 Å². The number of benzene rings is 2. The van der Waals surface area contributed by atoms with E-state index in [4.69, 9.17) is 0 Å². The van der Waals surface area contributed by atoms with Gasteiger partial charge in [-0.3, -0.25) is 14.4 Å². The van der Waals surface area contributed by atoms with Gasteiger partial charge in [-0.1, -0.05) is 60.9 Å². The van der Waals surface area contributed by atoms with E-state index in [2.05, 4.69) is 18.8 Å². The van der Waals surface area contributed by atoms with Gasteiger partial charge in [0.15, 0.2) is 0 Å². The number of rotatable bonds is 0. The van der Waals surface area contributed by atoms with Gasteiger partial charge in [-0.25, -0.2) is 4.99 Å². The summed E-state index contributed by atoms with van der Waals surface area (Å²) in [5.74, 6) is 0.840. The standard InChI is InChI=1S/C19H28O.C13H7NO2/c1-18-11-4-6-15(18)14-9-8-13-5-3-7-17(20)19(13,2)16(14)10-12-18;15-12-11-9(7-14-13(12)16)6-5-8-3-1-2-4-10(8)11/h13,15H,3-12H2,1-2H3;1-7H/t13?,15-,18-,19-;/m0./s1. The number of ketones is 2. The summed E-state index contributed by atoms with van der Waals surface area (Å²) in [6, 6.07) is 11.2. The number of hydrogen-bond donors (Lipinski definition) is 0. The van der Waals surface area contributed by atoms with Crippen molar-refractivity contribution in [1.29, 1.82) is 0 Å². The third-order valence-electron chi connectivity index (χ3n) is 10.3. The van der Waals surface area contributed by atoms with Crippen molar-refractivity contribution >= 4 is 34.5 Å². The Bertz CT molecular complexity index is 1350. The van der Waals surface area contributed by atoms with Gasteiger partial charge in [0.2, 0.25) is 0 Å². The highest BCUT2D eigenvalue weighted by molar-refractivity contribution is 6.49. The average Bonchev–Trinajstić information content (AvgIpc) is 3.29. The lowest BCUT2D eigenvalue weighted by Gasteiger charge is -2.52. The summed E-state index contributed by atoms with van der Waals surface area (Å²) < 4.78 is 0. The van der Waals surface area contributed by atoms with Gasteiger partial charge in [-0.15, -0.1) is 0 Å². The fraction of sp³-hybridized carbons (Fsp3) is 0.500. The Balaban J connectivity index is 0.000000137. The summed E-state index contributed by atoms with van der Waals surface area (Å²) in [5.41, 5.74) is 5.07. The molecule has 0 spiro atoms. The zero-order valence-corrected chi connectivity index (χ0v) is 21.4. The van der Waals surface area contributed by atoms with Crippen molar-refractivity contribution in [3.8, 4) is 0 Å². The summed E-state index contributed by atoms with van der Waals surface area (Å²) in [5, 5.41) is 1.77. The molecule has 2 aromatic rings. The van der Waals surface area contributed by atoms with E-state index >= 15 is 0 Å². The lowest BCUT2D eigenvalue weighted by molar-refractivity contribution is -0.132. The second kappa shape index (κ2) is 8.61. The van der Waals surface area contributed by atoms with E-state index in [1.165, 1.54) is 57.6 Å². The molecule has 0 saturated heterocycles. The molecule has 4 nitrogen and oxygen atoms in total. The molecule has 1 aliphatic heterocycles. The summed E-state index contributed by atoms with van der Waals surface area (Å²) in [4.78, 5) is 39.3. The minimum absolute atomic E-state index is 0.0598. The third-order valence-corrected chi connectivity index (χ3v) is 10.3. The maximum absolute atomic E-state index is 12.7. The first-order chi connectivity index (χ1) is 17.3. The molecule has 1 unspecified atom stereocenters. The highest BCUT2D eigenvalue weighted by Gasteiger charge is 2.54. The molecule has 1 amide bonds. The first kappa shape index (κ1) is 23.5. The van der Waals surface area contributed by atoms with Gasteiger partial charge in [0.25, 0.3) is 5.78 Å². The summed E-state index contributed by atoms with van der Waals surface area (Å²) in [6.45, 7) is 4.83. The second-order valence-electron chi connectivity index (χ2n) is 12.0. The maximum Gasteiger partial charge on any atom is 0.318 e. The number of Topliss-reactive ketones (excluding diaryl/α,β-unsaturated/α-hetero) is 2. The van der Waals surface area contributed by atoms with Gasteiger partial charge in [0.05, 0.1) is 5.41 Å². The van der Waals surface area contributed by atoms with Gasteiger partial charge in [0, 0.05) is 23.8 Å². The van der Waals surface area contributed by atoms with Crippen LogP contribution < -0.4 is 0 Å². The van der Waals surface area contributed by atoms with Gasteiger partial charge in [-0.05, 0) is 86.3 Å². The van der Waals surface area contributed by atoms with Gasteiger partial charge < -0.3 is 0 Å². The zero-order chi connectivity index (χ0) is 25.1. The minimum Gasteiger partial charge on any atom is -0.299 e. The van der Waals surface area contributed by atoms with Crippen molar-refractivity contribution in [1.82, 2.24) is 0 Å². The summed E-state index contributed by atoms with van der Waals surface area (Å²) in [7, 11) is 0. The Morgan fingerprint density at radius 1 is 0.861 bits per heavy atom. The molecule has 0 bridgehead atoms. The minimum atomic E-state index is -0.691. The van der Waals surface area contributed by atoms with E-state index in [-0.39, 0.29) is 5.41 Å². The number of fused-ring (bicyclic) bond motifs is 7. The number of nitrogens with zero attached hydrogens (tertiary/aromatic N) is 1. The molecular formula is C32H35NO3. The molecule has 4 atom stereocenters. The van der Waals surface area contributed by atoms with Crippen LogP contribution in [0, 0.1) is 22.7 Å². The highest BCUT2D eigenvalue weighted by Crippen LogP contribution is 2.62.